The van der Waals surface area contributed by atoms with Gasteiger partial charge in [0.1, 0.15) is 0 Å². The van der Waals surface area contributed by atoms with Gasteiger partial charge in [-0.05, 0) is 31.5 Å². The minimum Gasteiger partial charge on any atom is -0.389 e. The molecule has 0 radical (unpaired) electrons. The minimum atomic E-state index is -0.443. The molecule has 1 aromatic carbocycles. The van der Waals surface area contributed by atoms with Gasteiger partial charge >= 0.3 is 0 Å². The zero-order chi connectivity index (χ0) is 12.4. The quantitative estimate of drug-likeness (QED) is 0.911. The maximum absolute atomic E-state index is 9.58. The Balaban J connectivity index is 2.19. The zero-order valence-corrected chi connectivity index (χ0v) is 11.8. The summed E-state index contributed by atoms with van der Waals surface area (Å²) in [5.74, 6) is 0. The first-order valence-electron chi connectivity index (χ1n) is 5.92. The molecule has 4 heteroatoms. The van der Waals surface area contributed by atoms with Crippen LogP contribution in [-0.2, 0) is 4.74 Å². The summed E-state index contributed by atoms with van der Waals surface area (Å²) >= 11 is 3.51. The van der Waals surface area contributed by atoms with Crippen molar-refractivity contribution < 1.29 is 9.84 Å². The van der Waals surface area contributed by atoms with Gasteiger partial charge in [-0.3, -0.25) is 0 Å². The van der Waals surface area contributed by atoms with Crippen molar-refractivity contribution in [1.29, 1.82) is 0 Å². The molecule has 1 saturated heterocycles. The Bertz CT molecular complexity index is 395. The molecule has 1 N–H and O–H groups in total. The summed E-state index contributed by atoms with van der Waals surface area (Å²) in [4.78, 5) is 2.31. The molecular formula is C13H18BrNO2. The molecule has 2 rings (SSSR count). The van der Waals surface area contributed by atoms with Crippen LogP contribution in [0.15, 0.2) is 22.7 Å². The lowest BCUT2D eigenvalue weighted by Crippen LogP contribution is -2.41. The predicted octanol–water partition coefficient (Wildman–Crippen LogP) is 2.73. The number of ether oxygens (including phenoxy) is 1. The highest BCUT2D eigenvalue weighted by molar-refractivity contribution is 9.10. The van der Waals surface area contributed by atoms with Gasteiger partial charge in [-0.15, -0.1) is 0 Å². The van der Waals surface area contributed by atoms with E-state index in [2.05, 4.69) is 39.9 Å². The van der Waals surface area contributed by atoms with Crippen molar-refractivity contribution in [2.45, 2.75) is 26.1 Å². The normalized spacial score (nSPS) is 22.6. The van der Waals surface area contributed by atoms with Crippen molar-refractivity contribution >= 4 is 21.6 Å². The predicted molar refractivity (Wildman–Crippen MR) is 72.4 cm³/mol. The molecular weight excluding hydrogens is 282 g/mol. The van der Waals surface area contributed by atoms with Gasteiger partial charge < -0.3 is 14.7 Å². The summed E-state index contributed by atoms with van der Waals surface area (Å²) in [7, 11) is 0. The summed E-state index contributed by atoms with van der Waals surface area (Å²) in [5.41, 5.74) is 2.10. The van der Waals surface area contributed by atoms with E-state index in [1.807, 2.05) is 6.07 Å². The van der Waals surface area contributed by atoms with Gasteiger partial charge in [0.2, 0.25) is 0 Å². The van der Waals surface area contributed by atoms with Gasteiger partial charge in [-0.25, -0.2) is 0 Å². The smallest absolute Gasteiger partial charge is 0.0772 e. The fraction of sp³-hybridized carbons (Fsp3) is 0.538. The van der Waals surface area contributed by atoms with Crippen molar-refractivity contribution in [2.75, 3.05) is 24.6 Å². The van der Waals surface area contributed by atoms with Gasteiger partial charge in [-0.2, -0.15) is 0 Å². The molecule has 0 saturated carbocycles. The molecule has 0 spiro atoms. The molecule has 2 atom stereocenters. The molecule has 3 nitrogen and oxygen atoms in total. The number of benzene rings is 1. The van der Waals surface area contributed by atoms with Crippen LogP contribution in [0.25, 0.3) is 0 Å². The number of hydrogen-bond acceptors (Lipinski definition) is 3. The Morgan fingerprint density at radius 2 is 2.29 bits per heavy atom. The van der Waals surface area contributed by atoms with Gasteiger partial charge in [0, 0.05) is 23.2 Å². The lowest BCUT2D eigenvalue weighted by Gasteiger charge is -2.33. The minimum absolute atomic E-state index is 0.277. The number of anilines is 1. The molecule has 0 amide bonds. The van der Waals surface area contributed by atoms with Crippen LogP contribution in [-0.4, -0.2) is 30.9 Å². The third-order valence-corrected chi connectivity index (χ3v) is 3.73. The van der Waals surface area contributed by atoms with Crippen LogP contribution in [0.5, 0.6) is 0 Å². The second-order valence-corrected chi connectivity index (χ2v) is 5.36. The van der Waals surface area contributed by atoms with Gasteiger partial charge in [0.05, 0.1) is 18.8 Å². The number of halogens is 1. The summed E-state index contributed by atoms with van der Waals surface area (Å²) in [6.07, 6.45) is -0.166. The molecule has 94 valence electrons. The maximum Gasteiger partial charge on any atom is 0.0772 e. The van der Waals surface area contributed by atoms with Crippen molar-refractivity contribution in [3.63, 3.8) is 0 Å². The Morgan fingerprint density at radius 3 is 2.88 bits per heavy atom. The largest absolute Gasteiger partial charge is 0.389 e. The Hall–Kier alpha value is -0.580. The van der Waals surface area contributed by atoms with E-state index in [1.54, 1.807) is 6.92 Å². The fourth-order valence-corrected chi connectivity index (χ4v) is 2.80. The van der Waals surface area contributed by atoms with Crippen LogP contribution in [0, 0.1) is 0 Å². The highest BCUT2D eigenvalue weighted by atomic mass is 79.9. The Labute approximate surface area is 111 Å². The third-order valence-electron chi connectivity index (χ3n) is 3.04. The lowest BCUT2D eigenvalue weighted by atomic mass is 10.1. The van der Waals surface area contributed by atoms with E-state index in [0.717, 1.165) is 29.7 Å². The van der Waals surface area contributed by atoms with E-state index in [9.17, 15) is 5.11 Å². The van der Waals surface area contributed by atoms with E-state index < -0.39 is 6.10 Å². The molecule has 1 unspecified atom stereocenters. The molecule has 1 aromatic rings. The first-order valence-corrected chi connectivity index (χ1v) is 6.71. The molecule has 1 aliphatic rings. The highest BCUT2D eigenvalue weighted by Gasteiger charge is 2.18. The lowest BCUT2D eigenvalue weighted by molar-refractivity contribution is 0.0532. The monoisotopic (exact) mass is 299 g/mol. The van der Waals surface area contributed by atoms with Crippen molar-refractivity contribution in [1.82, 2.24) is 0 Å². The number of nitrogens with zero attached hydrogens (tertiary/aromatic N) is 1. The van der Waals surface area contributed by atoms with Crippen molar-refractivity contribution in [2.24, 2.45) is 0 Å². The van der Waals surface area contributed by atoms with E-state index in [4.69, 9.17) is 4.74 Å². The molecule has 1 aliphatic heterocycles. The molecule has 0 bridgehead atoms. The average Bonchev–Trinajstić information content (AvgIpc) is 2.28. The number of aliphatic hydroxyl groups is 1. The van der Waals surface area contributed by atoms with Gasteiger partial charge in [0.25, 0.3) is 0 Å². The highest BCUT2D eigenvalue weighted by Crippen LogP contribution is 2.29. The summed E-state index contributed by atoms with van der Waals surface area (Å²) in [6.45, 7) is 6.48. The number of hydrogen-bond donors (Lipinski definition) is 1. The van der Waals surface area contributed by atoms with E-state index in [0.29, 0.717) is 0 Å². The van der Waals surface area contributed by atoms with Crippen molar-refractivity contribution in [3.05, 3.63) is 28.2 Å². The van der Waals surface area contributed by atoms with Crippen LogP contribution in [0.3, 0.4) is 0 Å². The summed E-state index contributed by atoms with van der Waals surface area (Å²) in [6, 6.07) is 6.11. The number of aliphatic hydroxyl groups excluding tert-OH is 1. The standard InChI is InChI=1S/C13H18BrNO2/c1-9-8-15(5-6-17-9)11-3-4-12(10(2)16)13(14)7-11/h3-4,7,9-10,16H,5-6,8H2,1-2H3/t9?,10-/m0/s1. The van der Waals surface area contributed by atoms with E-state index >= 15 is 0 Å². The molecule has 0 aliphatic carbocycles. The molecule has 17 heavy (non-hydrogen) atoms. The first-order chi connectivity index (χ1) is 8.08. The fourth-order valence-electron chi connectivity index (χ4n) is 2.10. The van der Waals surface area contributed by atoms with Crippen LogP contribution in [0.1, 0.15) is 25.5 Å². The molecule has 1 heterocycles. The number of morpholine rings is 1. The van der Waals surface area contributed by atoms with Crippen molar-refractivity contribution in [3.8, 4) is 0 Å². The number of rotatable bonds is 2. The second kappa shape index (κ2) is 5.38. The zero-order valence-electron chi connectivity index (χ0n) is 10.2. The van der Waals surface area contributed by atoms with Crippen LogP contribution >= 0.6 is 15.9 Å². The van der Waals surface area contributed by atoms with Gasteiger partial charge in [0.15, 0.2) is 0 Å². The molecule has 0 aromatic heterocycles. The van der Waals surface area contributed by atoms with E-state index in [1.165, 1.54) is 5.69 Å². The van der Waals surface area contributed by atoms with E-state index in [-0.39, 0.29) is 6.10 Å². The van der Waals surface area contributed by atoms with Crippen LogP contribution in [0.2, 0.25) is 0 Å². The van der Waals surface area contributed by atoms with Crippen LogP contribution < -0.4 is 4.90 Å². The summed E-state index contributed by atoms with van der Waals surface area (Å²) in [5, 5.41) is 9.58. The topological polar surface area (TPSA) is 32.7 Å². The maximum atomic E-state index is 9.58. The first kappa shape index (κ1) is 12.9. The third kappa shape index (κ3) is 3.00. The van der Waals surface area contributed by atoms with Gasteiger partial charge in [-0.1, -0.05) is 22.0 Å². The Kier molecular flexibility index (Phi) is 4.07. The summed E-state index contributed by atoms with van der Waals surface area (Å²) < 4.78 is 6.49. The second-order valence-electron chi connectivity index (χ2n) is 4.51. The molecule has 1 fully saturated rings. The van der Waals surface area contributed by atoms with Crippen LogP contribution in [0.4, 0.5) is 5.69 Å². The Morgan fingerprint density at radius 1 is 1.53 bits per heavy atom. The SMILES string of the molecule is CC1CN(c2ccc([C@H](C)O)c(Br)c2)CCO1. The average molecular weight is 300 g/mol.